The van der Waals surface area contributed by atoms with Crippen LogP contribution in [0, 0.1) is 0 Å². The lowest BCUT2D eigenvalue weighted by molar-refractivity contribution is 0.102. The van der Waals surface area contributed by atoms with Crippen molar-refractivity contribution in [3.05, 3.63) is 48.0 Å². The number of rotatable bonds is 4. The summed E-state index contributed by atoms with van der Waals surface area (Å²) in [5.41, 5.74) is 1.13. The van der Waals surface area contributed by atoms with Crippen molar-refractivity contribution in [1.29, 1.82) is 0 Å². The number of carbonyl (C=O) groups is 1. The molecule has 0 saturated heterocycles. The predicted molar refractivity (Wildman–Crippen MR) is 93.7 cm³/mol. The second-order valence-corrected chi connectivity index (χ2v) is 8.15. The number of nitrogens with one attached hydrogen (secondary N) is 1. The van der Waals surface area contributed by atoms with E-state index in [-0.39, 0.29) is 10.8 Å². The van der Waals surface area contributed by atoms with Gasteiger partial charge in [-0.25, -0.2) is 13.4 Å². The zero-order chi connectivity index (χ0) is 17.3. The summed E-state index contributed by atoms with van der Waals surface area (Å²) in [5.74, 6) is 0.376. The van der Waals surface area contributed by atoms with Crippen molar-refractivity contribution in [2.24, 2.45) is 0 Å². The molecule has 1 amide bonds. The number of fused-ring (bicyclic) bond motifs is 1. The molecule has 3 aromatic rings. The van der Waals surface area contributed by atoms with Crippen molar-refractivity contribution in [2.75, 3.05) is 18.7 Å². The maximum atomic E-state index is 12.3. The Bertz CT molecular complexity index is 1010. The van der Waals surface area contributed by atoms with E-state index in [9.17, 15) is 13.2 Å². The molecule has 8 heteroatoms. The second-order valence-electron chi connectivity index (χ2n) is 5.10. The number of thiazole rings is 1. The van der Waals surface area contributed by atoms with Gasteiger partial charge in [-0.05, 0) is 42.5 Å². The van der Waals surface area contributed by atoms with Crippen molar-refractivity contribution < 1.29 is 17.9 Å². The molecule has 2 aromatic carbocycles. The minimum Gasteiger partial charge on any atom is -0.497 e. The van der Waals surface area contributed by atoms with E-state index in [0.717, 1.165) is 22.2 Å². The van der Waals surface area contributed by atoms with Crippen LogP contribution in [-0.4, -0.2) is 32.7 Å². The van der Waals surface area contributed by atoms with E-state index in [2.05, 4.69) is 10.3 Å². The molecule has 0 radical (unpaired) electrons. The number of aromatic nitrogens is 1. The van der Waals surface area contributed by atoms with Gasteiger partial charge in [0.05, 0.1) is 22.2 Å². The molecule has 0 aliphatic rings. The van der Waals surface area contributed by atoms with Crippen LogP contribution in [0.3, 0.4) is 0 Å². The highest BCUT2D eigenvalue weighted by molar-refractivity contribution is 7.90. The van der Waals surface area contributed by atoms with E-state index in [1.807, 2.05) is 12.1 Å². The SMILES string of the molecule is COc1ccc2nc(NC(=O)c3ccc(S(C)(=O)=O)cc3)sc2c1. The summed E-state index contributed by atoms with van der Waals surface area (Å²) in [6.07, 6.45) is 1.12. The fraction of sp³-hybridized carbons (Fsp3) is 0.125. The summed E-state index contributed by atoms with van der Waals surface area (Å²) >= 11 is 1.34. The number of amides is 1. The summed E-state index contributed by atoms with van der Waals surface area (Å²) in [5, 5.41) is 3.19. The van der Waals surface area contributed by atoms with E-state index in [4.69, 9.17) is 4.74 Å². The van der Waals surface area contributed by atoms with Crippen LogP contribution in [0.25, 0.3) is 10.2 Å². The van der Waals surface area contributed by atoms with Crippen molar-refractivity contribution >= 4 is 42.4 Å². The molecule has 0 aliphatic carbocycles. The van der Waals surface area contributed by atoms with Gasteiger partial charge in [0.25, 0.3) is 5.91 Å². The van der Waals surface area contributed by atoms with Gasteiger partial charge in [-0.2, -0.15) is 0 Å². The molecule has 0 saturated carbocycles. The summed E-state index contributed by atoms with van der Waals surface area (Å²) in [6, 6.07) is 11.2. The number of carbonyl (C=O) groups excluding carboxylic acids is 1. The smallest absolute Gasteiger partial charge is 0.257 e. The Hall–Kier alpha value is -2.45. The number of ether oxygens (including phenoxy) is 1. The molecule has 0 spiro atoms. The van der Waals surface area contributed by atoms with Crippen LogP contribution in [0.15, 0.2) is 47.4 Å². The van der Waals surface area contributed by atoms with Gasteiger partial charge in [0.1, 0.15) is 5.75 Å². The van der Waals surface area contributed by atoms with Crippen LogP contribution in [0.4, 0.5) is 5.13 Å². The Balaban J connectivity index is 1.81. The number of anilines is 1. The molecular formula is C16H14N2O4S2. The highest BCUT2D eigenvalue weighted by atomic mass is 32.2. The monoisotopic (exact) mass is 362 g/mol. The molecule has 3 rings (SSSR count). The lowest BCUT2D eigenvalue weighted by atomic mass is 10.2. The lowest BCUT2D eigenvalue weighted by Gasteiger charge is -2.03. The number of methoxy groups -OCH3 is 1. The van der Waals surface area contributed by atoms with Gasteiger partial charge in [0.2, 0.25) is 0 Å². The fourth-order valence-corrected chi connectivity index (χ4v) is 3.63. The highest BCUT2D eigenvalue weighted by Crippen LogP contribution is 2.29. The van der Waals surface area contributed by atoms with Crippen LogP contribution >= 0.6 is 11.3 Å². The first-order chi connectivity index (χ1) is 11.4. The van der Waals surface area contributed by atoms with E-state index in [1.165, 1.54) is 35.6 Å². The van der Waals surface area contributed by atoms with E-state index in [1.54, 1.807) is 13.2 Å². The number of sulfone groups is 1. The Morgan fingerprint density at radius 1 is 1.17 bits per heavy atom. The summed E-state index contributed by atoms with van der Waals surface area (Å²) in [6.45, 7) is 0. The predicted octanol–water partition coefficient (Wildman–Crippen LogP) is 2.96. The normalized spacial score (nSPS) is 11.4. The number of hydrogen-bond acceptors (Lipinski definition) is 6. The molecule has 0 aliphatic heterocycles. The summed E-state index contributed by atoms with van der Waals surface area (Å²) < 4.78 is 28.9. The zero-order valence-electron chi connectivity index (χ0n) is 12.9. The van der Waals surface area contributed by atoms with Crippen LogP contribution in [0.2, 0.25) is 0 Å². The van der Waals surface area contributed by atoms with Gasteiger partial charge in [-0.1, -0.05) is 11.3 Å². The second kappa shape index (κ2) is 6.21. The third-order valence-corrected chi connectivity index (χ3v) is 5.42. The standard InChI is InChI=1S/C16H14N2O4S2/c1-22-11-5-8-13-14(9-11)23-16(17-13)18-15(19)10-3-6-12(7-4-10)24(2,20)21/h3-9H,1-2H3,(H,17,18,19). The van der Waals surface area contributed by atoms with Gasteiger partial charge in [0.15, 0.2) is 15.0 Å². The van der Waals surface area contributed by atoms with Gasteiger partial charge >= 0.3 is 0 Å². The molecule has 1 aromatic heterocycles. The third-order valence-electron chi connectivity index (χ3n) is 3.36. The Morgan fingerprint density at radius 3 is 2.50 bits per heavy atom. The van der Waals surface area contributed by atoms with Crippen molar-refractivity contribution in [3.63, 3.8) is 0 Å². The van der Waals surface area contributed by atoms with Gasteiger partial charge in [0, 0.05) is 11.8 Å². The summed E-state index contributed by atoms with van der Waals surface area (Å²) in [7, 11) is -1.69. The Kier molecular flexibility index (Phi) is 4.25. The average Bonchev–Trinajstić information content (AvgIpc) is 2.95. The van der Waals surface area contributed by atoms with Gasteiger partial charge < -0.3 is 4.74 Å². The molecule has 0 fully saturated rings. The maximum absolute atomic E-state index is 12.3. The first-order valence-corrected chi connectivity index (χ1v) is 9.63. The molecule has 0 unspecified atom stereocenters. The molecule has 24 heavy (non-hydrogen) atoms. The van der Waals surface area contributed by atoms with Crippen LogP contribution in [0.1, 0.15) is 10.4 Å². The maximum Gasteiger partial charge on any atom is 0.257 e. The molecule has 0 bridgehead atoms. The van der Waals surface area contributed by atoms with Gasteiger partial charge in [-0.15, -0.1) is 0 Å². The first kappa shape index (κ1) is 16.4. The van der Waals surface area contributed by atoms with Crippen molar-refractivity contribution in [2.45, 2.75) is 4.90 Å². The minimum atomic E-state index is -3.28. The van der Waals surface area contributed by atoms with E-state index in [0.29, 0.717) is 10.7 Å². The van der Waals surface area contributed by atoms with Crippen LogP contribution in [-0.2, 0) is 9.84 Å². The van der Waals surface area contributed by atoms with E-state index < -0.39 is 9.84 Å². The fourth-order valence-electron chi connectivity index (χ4n) is 2.11. The third kappa shape index (κ3) is 3.39. The topological polar surface area (TPSA) is 85.4 Å². The Morgan fingerprint density at radius 2 is 1.88 bits per heavy atom. The molecule has 0 atom stereocenters. The first-order valence-electron chi connectivity index (χ1n) is 6.93. The minimum absolute atomic E-state index is 0.172. The molecular weight excluding hydrogens is 348 g/mol. The Labute approximate surface area is 143 Å². The molecule has 6 nitrogen and oxygen atoms in total. The number of nitrogens with zero attached hydrogens (tertiary/aromatic N) is 1. The lowest BCUT2D eigenvalue weighted by Crippen LogP contribution is -2.11. The highest BCUT2D eigenvalue weighted by Gasteiger charge is 2.12. The molecule has 1 heterocycles. The quantitative estimate of drug-likeness (QED) is 0.771. The van der Waals surface area contributed by atoms with Crippen molar-refractivity contribution in [1.82, 2.24) is 4.98 Å². The average molecular weight is 362 g/mol. The molecule has 1 N–H and O–H groups in total. The largest absolute Gasteiger partial charge is 0.497 e. The summed E-state index contributed by atoms with van der Waals surface area (Å²) in [4.78, 5) is 16.8. The number of hydrogen-bond donors (Lipinski definition) is 1. The van der Waals surface area contributed by atoms with Crippen LogP contribution < -0.4 is 10.1 Å². The number of benzene rings is 2. The van der Waals surface area contributed by atoms with E-state index >= 15 is 0 Å². The van der Waals surface area contributed by atoms with Gasteiger partial charge in [-0.3, -0.25) is 10.1 Å². The molecule has 124 valence electrons. The van der Waals surface area contributed by atoms with Crippen molar-refractivity contribution in [3.8, 4) is 5.75 Å². The zero-order valence-corrected chi connectivity index (χ0v) is 14.6. The van der Waals surface area contributed by atoms with Crippen LogP contribution in [0.5, 0.6) is 5.75 Å².